The molecule has 3 N–H and O–H groups in total. The molecule has 0 heterocycles. The number of hydrogen-bond donors (Lipinski definition) is 3. The summed E-state index contributed by atoms with van der Waals surface area (Å²) in [6.45, 7) is -0.253. The molecule has 6 nitrogen and oxygen atoms in total. The van der Waals surface area contributed by atoms with Crippen LogP contribution in [-0.4, -0.2) is 47.5 Å². The van der Waals surface area contributed by atoms with Crippen molar-refractivity contribution in [3.05, 3.63) is 35.9 Å². The molecule has 1 atom stereocenters. The monoisotopic (exact) mass is 310 g/mol. The van der Waals surface area contributed by atoms with Crippen LogP contribution in [0.2, 0.25) is 0 Å². The minimum Gasteiger partial charge on any atom is -0.480 e. The predicted octanol–water partition coefficient (Wildman–Crippen LogP) is 0.739. The number of benzene rings is 1. The maximum Gasteiger partial charge on any atom is 0.326 e. The van der Waals surface area contributed by atoms with E-state index in [1.807, 2.05) is 6.26 Å². The molecule has 0 saturated carbocycles. The number of thioether (sulfide) groups is 1. The lowest BCUT2D eigenvalue weighted by atomic mass is 10.2. The van der Waals surface area contributed by atoms with Gasteiger partial charge in [0.15, 0.2) is 0 Å². The summed E-state index contributed by atoms with van der Waals surface area (Å²) in [5.74, 6) is -1.34. The van der Waals surface area contributed by atoms with E-state index >= 15 is 0 Å². The number of carboxylic acids is 1. The fourth-order valence-corrected chi connectivity index (χ4v) is 2.06. The van der Waals surface area contributed by atoms with Crippen LogP contribution in [-0.2, 0) is 9.59 Å². The van der Waals surface area contributed by atoms with E-state index in [0.29, 0.717) is 17.7 Å². The van der Waals surface area contributed by atoms with E-state index in [1.165, 1.54) is 11.8 Å². The largest absolute Gasteiger partial charge is 0.480 e. The lowest BCUT2D eigenvalue weighted by molar-refractivity contribution is -0.141. The van der Waals surface area contributed by atoms with Crippen LogP contribution in [0.4, 0.5) is 0 Å². The summed E-state index contributed by atoms with van der Waals surface area (Å²) in [5.41, 5.74) is 0.447. The average molecular weight is 310 g/mol. The van der Waals surface area contributed by atoms with Crippen LogP contribution < -0.4 is 10.6 Å². The number of hydrogen-bond acceptors (Lipinski definition) is 4. The number of carbonyl (C=O) groups is 3. The molecule has 0 aliphatic rings. The number of carbonyl (C=O) groups excluding carboxylic acids is 2. The second-order valence-corrected chi connectivity index (χ2v) is 5.27. The first-order valence-electron chi connectivity index (χ1n) is 6.39. The smallest absolute Gasteiger partial charge is 0.326 e. The Labute approximate surface area is 127 Å². The van der Waals surface area contributed by atoms with Crippen molar-refractivity contribution >= 4 is 29.5 Å². The molecule has 0 aromatic heterocycles. The van der Waals surface area contributed by atoms with Crippen molar-refractivity contribution in [1.29, 1.82) is 0 Å². The summed E-state index contributed by atoms with van der Waals surface area (Å²) in [4.78, 5) is 34.4. The van der Waals surface area contributed by atoms with Gasteiger partial charge in [-0.25, -0.2) is 4.79 Å². The fourth-order valence-electron chi connectivity index (χ4n) is 1.59. The first-order chi connectivity index (χ1) is 10.0. The van der Waals surface area contributed by atoms with E-state index in [4.69, 9.17) is 5.11 Å². The van der Waals surface area contributed by atoms with Gasteiger partial charge in [-0.2, -0.15) is 11.8 Å². The first-order valence-corrected chi connectivity index (χ1v) is 7.78. The molecule has 7 heteroatoms. The molecule has 0 aliphatic heterocycles. The zero-order valence-corrected chi connectivity index (χ0v) is 12.5. The van der Waals surface area contributed by atoms with Crippen LogP contribution in [0.15, 0.2) is 30.3 Å². The Morgan fingerprint density at radius 1 is 1.24 bits per heavy atom. The summed E-state index contributed by atoms with van der Waals surface area (Å²) >= 11 is 1.51. The topological polar surface area (TPSA) is 95.5 Å². The summed E-state index contributed by atoms with van der Waals surface area (Å²) in [6.07, 6.45) is 2.20. The van der Waals surface area contributed by atoms with E-state index in [9.17, 15) is 14.4 Å². The molecule has 0 saturated heterocycles. The molecule has 1 aromatic carbocycles. The van der Waals surface area contributed by atoms with Gasteiger partial charge in [-0.05, 0) is 30.6 Å². The minimum atomic E-state index is -1.08. The zero-order valence-electron chi connectivity index (χ0n) is 11.7. The molecule has 0 fully saturated rings. The highest BCUT2D eigenvalue weighted by atomic mass is 32.2. The quantitative estimate of drug-likeness (QED) is 0.658. The van der Waals surface area contributed by atoms with Gasteiger partial charge in [-0.3, -0.25) is 9.59 Å². The van der Waals surface area contributed by atoms with Crippen LogP contribution in [0.25, 0.3) is 0 Å². The van der Waals surface area contributed by atoms with Crippen molar-refractivity contribution in [2.75, 3.05) is 18.6 Å². The Kier molecular flexibility index (Phi) is 7.31. The molecule has 0 unspecified atom stereocenters. The van der Waals surface area contributed by atoms with E-state index in [0.717, 1.165) is 0 Å². The van der Waals surface area contributed by atoms with Gasteiger partial charge in [0, 0.05) is 5.56 Å². The van der Waals surface area contributed by atoms with Crippen LogP contribution in [0, 0.1) is 0 Å². The third-order valence-corrected chi connectivity index (χ3v) is 3.33. The molecule has 21 heavy (non-hydrogen) atoms. The molecule has 0 aliphatic carbocycles. The van der Waals surface area contributed by atoms with E-state index < -0.39 is 17.9 Å². The third-order valence-electron chi connectivity index (χ3n) is 2.69. The highest BCUT2D eigenvalue weighted by molar-refractivity contribution is 7.98. The predicted molar refractivity (Wildman–Crippen MR) is 81.3 cm³/mol. The van der Waals surface area contributed by atoms with Crippen molar-refractivity contribution in [2.45, 2.75) is 12.5 Å². The van der Waals surface area contributed by atoms with E-state index in [1.54, 1.807) is 30.3 Å². The maximum absolute atomic E-state index is 11.7. The molecule has 0 spiro atoms. The number of nitrogens with one attached hydrogen (secondary N) is 2. The molecule has 114 valence electrons. The molecule has 0 radical (unpaired) electrons. The Hall–Kier alpha value is -2.02. The minimum absolute atomic E-state index is 0.253. The summed E-state index contributed by atoms with van der Waals surface area (Å²) in [5, 5.41) is 13.8. The molecular formula is C14H18N2O4S. The summed E-state index contributed by atoms with van der Waals surface area (Å²) < 4.78 is 0. The molecule has 0 bridgehead atoms. The van der Waals surface area contributed by atoms with Gasteiger partial charge in [-0.15, -0.1) is 0 Å². The van der Waals surface area contributed by atoms with E-state index in [2.05, 4.69) is 10.6 Å². The van der Waals surface area contributed by atoms with Gasteiger partial charge in [0.1, 0.15) is 6.04 Å². The van der Waals surface area contributed by atoms with Crippen molar-refractivity contribution in [2.24, 2.45) is 0 Å². The molecule has 1 rings (SSSR count). The SMILES string of the molecule is CSCC[C@@H](NC(=O)CNC(=O)c1ccccc1)C(=O)O. The molecule has 2 amide bonds. The average Bonchev–Trinajstić information content (AvgIpc) is 2.49. The number of carboxylic acid groups (broad SMARTS) is 1. The molecule has 1 aromatic rings. The van der Waals surface area contributed by atoms with Crippen molar-refractivity contribution in [3.63, 3.8) is 0 Å². The fraction of sp³-hybridized carbons (Fsp3) is 0.357. The first kappa shape index (κ1) is 17.0. The van der Waals surface area contributed by atoms with Crippen LogP contribution >= 0.6 is 11.8 Å². The van der Waals surface area contributed by atoms with Crippen LogP contribution in [0.1, 0.15) is 16.8 Å². The van der Waals surface area contributed by atoms with Crippen molar-refractivity contribution in [3.8, 4) is 0 Å². The van der Waals surface area contributed by atoms with Crippen LogP contribution in [0.5, 0.6) is 0 Å². The second kappa shape index (κ2) is 9.02. The normalized spacial score (nSPS) is 11.5. The van der Waals surface area contributed by atoms with E-state index in [-0.39, 0.29) is 12.5 Å². The van der Waals surface area contributed by atoms with Gasteiger partial charge in [0.2, 0.25) is 5.91 Å². The summed E-state index contributed by atoms with van der Waals surface area (Å²) in [6, 6.07) is 7.55. The summed E-state index contributed by atoms with van der Waals surface area (Å²) in [7, 11) is 0. The van der Waals surface area contributed by atoms with Gasteiger partial charge >= 0.3 is 5.97 Å². The second-order valence-electron chi connectivity index (χ2n) is 4.29. The van der Waals surface area contributed by atoms with Crippen LogP contribution in [0.3, 0.4) is 0 Å². The lowest BCUT2D eigenvalue weighted by Crippen LogP contribution is -2.45. The standard InChI is InChI=1S/C14H18N2O4S/c1-21-8-7-11(14(19)20)16-12(17)9-15-13(18)10-5-3-2-4-6-10/h2-6,11H,7-9H2,1H3,(H,15,18)(H,16,17)(H,19,20)/t11-/m1/s1. The number of rotatable bonds is 8. The number of amides is 2. The Balaban J connectivity index is 2.42. The highest BCUT2D eigenvalue weighted by Crippen LogP contribution is 2.01. The third kappa shape index (κ3) is 6.31. The number of aliphatic carboxylic acids is 1. The Morgan fingerprint density at radius 3 is 2.48 bits per heavy atom. The van der Waals surface area contributed by atoms with Gasteiger partial charge in [0.05, 0.1) is 6.54 Å². The van der Waals surface area contributed by atoms with Gasteiger partial charge in [-0.1, -0.05) is 18.2 Å². The van der Waals surface area contributed by atoms with Gasteiger partial charge < -0.3 is 15.7 Å². The molecular weight excluding hydrogens is 292 g/mol. The zero-order chi connectivity index (χ0) is 15.7. The Bertz CT molecular complexity index is 493. The maximum atomic E-state index is 11.7. The van der Waals surface area contributed by atoms with Crippen molar-refractivity contribution < 1.29 is 19.5 Å². The Morgan fingerprint density at radius 2 is 1.90 bits per heavy atom. The van der Waals surface area contributed by atoms with Gasteiger partial charge in [0.25, 0.3) is 5.91 Å². The lowest BCUT2D eigenvalue weighted by Gasteiger charge is -2.14. The highest BCUT2D eigenvalue weighted by Gasteiger charge is 2.19. The van der Waals surface area contributed by atoms with Crippen molar-refractivity contribution in [1.82, 2.24) is 10.6 Å².